The van der Waals surface area contributed by atoms with Crippen molar-refractivity contribution < 1.29 is 4.84 Å². The summed E-state index contributed by atoms with van der Waals surface area (Å²) in [5, 5.41) is 0. The molecule has 1 aromatic carbocycles. The van der Waals surface area contributed by atoms with Crippen LogP contribution in [0, 0.1) is 0 Å². The van der Waals surface area contributed by atoms with Crippen molar-refractivity contribution in [2.45, 2.75) is 31.7 Å². The van der Waals surface area contributed by atoms with E-state index in [1.165, 1.54) is 29.4 Å². The smallest absolute Gasteiger partial charge is 0.0698 e. The molecular weight excluding hydrogens is 280 g/mol. The largest absolute Gasteiger partial charge is 0.368 e. The quantitative estimate of drug-likeness (QED) is 0.868. The molecule has 2 N–H and O–H groups in total. The fraction of sp³-hybridized carbons (Fsp3) is 0.538. The molecule has 94 valence electrons. The summed E-state index contributed by atoms with van der Waals surface area (Å²) in [6.07, 6.45) is 4.79. The van der Waals surface area contributed by atoms with Crippen LogP contribution in [0.2, 0.25) is 0 Å². The van der Waals surface area contributed by atoms with Gasteiger partial charge < -0.3 is 9.74 Å². The summed E-state index contributed by atoms with van der Waals surface area (Å²) < 4.78 is 1.17. The first-order chi connectivity index (χ1) is 8.33. The van der Waals surface area contributed by atoms with Crippen LogP contribution in [0.5, 0.6) is 0 Å². The Balaban J connectivity index is 2.13. The van der Waals surface area contributed by atoms with Crippen LogP contribution >= 0.6 is 15.9 Å². The maximum absolute atomic E-state index is 5.13. The highest BCUT2D eigenvalue weighted by molar-refractivity contribution is 9.10. The zero-order chi connectivity index (χ0) is 12.1. The van der Waals surface area contributed by atoms with E-state index in [0.717, 1.165) is 13.0 Å². The molecule has 0 bridgehead atoms. The van der Waals surface area contributed by atoms with Crippen LogP contribution in [0.25, 0.3) is 0 Å². The van der Waals surface area contributed by atoms with Gasteiger partial charge >= 0.3 is 0 Å². The number of rotatable bonds is 4. The van der Waals surface area contributed by atoms with Crippen molar-refractivity contribution in [3.05, 3.63) is 28.7 Å². The van der Waals surface area contributed by atoms with Crippen LogP contribution in [0.4, 0.5) is 5.69 Å². The summed E-state index contributed by atoms with van der Waals surface area (Å²) in [6, 6.07) is 8.96. The van der Waals surface area contributed by atoms with E-state index in [2.05, 4.69) is 45.1 Å². The molecule has 0 radical (unpaired) electrons. The van der Waals surface area contributed by atoms with Gasteiger partial charge in [0.15, 0.2) is 0 Å². The normalized spacial score (nSPS) is 20.6. The molecule has 4 heteroatoms. The maximum Gasteiger partial charge on any atom is 0.0698 e. The maximum atomic E-state index is 5.13. The van der Waals surface area contributed by atoms with Gasteiger partial charge in [0, 0.05) is 17.1 Å². The minimum absolute atomic E-state index is 0.547. The van der Waals surface area contributed by atoms with Crippen molar-refractivity contribution in [2.24, 2.45) is 5.90 Å². The second-order valence-corrected chi connectivity index (χ2v) is 5.31. The number of nitrogens with two attached hydrogens (primary N) is 1. The van der Waals surface area contributed by atoms with E-state index in [9.17, 15) is 0 Å². The highest BCUT2D eigenvalue weighted by atomic mass is 79.9. The number of hydrogen-bond acceptors (Lipinski definition) is 3. The van der Waals surface area contributed by atoms with Gasteiger partial charge in [0.1, 0.15) is 0 Å². The Hall–Kier alpha value is -0.580. The van der Waals surface area contributed by atoms with E-state index in [4.69, 9.17) is 10.7 Å². The standard InChI is InChI=1S/C13H19BrN2O/c14-12-6-1-2-7-13(12)16-9-4-3-5-11(16)8-10-17-15/h1-2,6-7,11H,3-5,8-10,15H2. The highest BCUT2D eigenvalue weighted by Gasteiger charge is 2.23. The molecule has 1 aromatic rings. The van der Waals surface area contributed by atoms with Crippen LogP contribution in [-0.4, -0.2) is 19.2 Å². The summed E-state index contributed by atoms with van der Waals surface area (Å²) in [5.41, 5.74) is 1.29. The van der Waals surface area contributed by atoms with Gasteiger partial charge in [-0.3, -0.25) is 0 Å². The Labute approximate surface area is 111 Å². The van der Waals surface area contributed by atoms with Crippen molar-refractivity contribution >= 4 is 21.6 Å². The molecule has 1 saturated heterocycles. The Morgan fingerprint density at radius 2 is 2.18 bits per heavy atom. The van der Waals surface area contributed by atoms with E-state index in [1.807, 2.05) is 0 Å². The molecule has 1 heterocycles. The van der Waals surface area contributed by atoms with E-state index in [-0.39, 0.29) is 0 Å². The molecule has 0 spiro atoms. The van der Waals surface area contributed by atoms with Gasteiger partial charge in [-0.25, -0.2) is 5.90 Å². The summed E-state index contributed by atoms with van der Waals surface area (Å²) >= 11 is 3.63. The van der Waals surface area contributed by atoms with Crippen LogP contribution in [0.3, 0.4) is 0 Å². The van der Waals surface area contributed by atoms with Crippen LogP contribution in [-0.2, 0) is 4.84 Å². The average molecular weight is 299 g/mol. The van der Waals surface area contributed by atoms with Gasteiger partial charge in [-0.15, -0.1) is 0 Å². The van der Waals surface area contributed by atoms with Crippen molar-refractivity contribution in [1.29, 1.82) is 0 Å². The van der Waals surface area contributed by atoms with Gasteiger partial charge in [0.2, 0.25) is 0 Å². The van der Waals surface area contributed by atoms with E-state index >= 15 is 0 Å². The number of benzene rings is 1. The first-order valence-electron chi connectivity index (χ1n) is 6.16. The summed E-state index contributed by atoms with van der Waals surface area (Å²) in [4.78, 5) is 7.20. The zero-order valence-electron chi connectivity index (χ0n) is 9.94. The van der Waals surface area contributed by atoms with Gasteiger partial charge in [0.25, 0.3) is 0 Å². The Morgan fingerprint density at radius 1 is 1.35 bits per heavy atom. The Kier molecular flexibility index (Phi) is 4.83. The fourth-order valence-corrected chi connectivity index (χ4v) is 3.02. The predicted octanol–water partition coefficient (Wildman–Crippen LogP) is 3.09. The summed E-state index contributed by atoms with van der Waals surface area (Å²) in [7, 11) is 0. The SMILES string of the molecule is NOCCC1CCCCN1c1ccccc1Br. The second-order valence-electron chi connectivity index (χ2n) is 4.45. The van der Waals surface area contributed by atoms with E-state index < -0.39 is 0 Å². The predicted molar refractivity (Wildman–Crippen MR) is 73.9 cm³/mol. The van der Waals surface area contributed by atoms with Crippen molar-refractivity contribution in [3.63, 3.8) is 0 Å². The van der Waals surface area contributed by atoms with Crippen LogP contribution < -0.4 is 10.8 Å². The third-order valence-electron chi connectivity index (χ3n) is 3.36. The van der Waals surface area contributed by atoms with Gasteiger partial charge in [-0.05, 0) is 53.7 Å². The third-order valence-corrected chi connectivity index (χ3v) is 4.03. The molecule has 0 aromatic heterocycles. The molecule has 0 amide bonds. The van der Waals surface area contributed by atoms with Crippen molar-refractivity contribution in [1.82, 2.24) is 0 Å². The summed E-state index contributed by atoms with van der Waals surface area (Å²) in [6.45, 7) is 1.75. The average Bonchev–Trinajstić information content (AvgIpc) is 2.37. The van der Waals surface area contributed by atoms with Gasteiger partial charge in [-0.2, -0.15) is 0 Å². The molecule has 1 aliphatic heterocycles. The number of para-hydroxylation sites is 1. The molecule has 1 fully saturated rings. The number of nitrogens with zero attached hydrogens (tertiary/aromatic N) is 1. The molecule has 0 saturated carbocycles. The summed E-state index contributed by atoms with van der Waals surface area (Å²) in [5.74, 6) is 5.13. The molecule has 17 heavy (non-hydrogen) atoms. The lowest BCUT2D eigenvalue weighted by atomic mass is 9.99. The van der Waals surface area contributed by atoms with Crippen LogP contribution in [0.15, 0.2) is 28.7 Å². The van der Waals surface area contributed by atoms with Gasteiger partial charge in [-0.1, -0.05) is 12.1 Å². The molecular formula is C13H19BrN2O. The monoisotopic (exact) mass is 298 g/mol. The third kappa shape index (κ3) is 3.21. The minimum atomic E-state index is 0.547. The number of hydrogen-bond donors (Lipinski definition) is 1. The second kappa shape index (κ2) is 6.38. The number of halogens is 1. The van der Waals surface area contributed by atoms with Crippen LogP contribution in [0.1, 0.15) is 25.7 Å². The number of anilines is 1. The molecule has 3 nitrogen and oxygen atoms in total. The topological polar surface area (TPSA) is 38.5 Å². The Morgan fingerprint density at radius 3 is 2.94 bits per heavy atom. The van der Waals surface area contributed by atoms with E-state index in [1.54, 1.807) is 0 Å². The lowest BCUT2D eigenvalue weighted by Crippen LogP contribution is -2.40. The van der Waals surface area contributed by atoms with E-state index in [0.29, 0.717) is 12.6 Å². The number of piperidine rings is 1. The van der Waals surface area contributed by atoms with Gasteiger partial charge in [0.05, 0.1) is 12.3 Å². The Bertz CT molecular complexity index is 359. The first-order valence-corrected chi connectivity index (χ1v) is 6.95. The lowest BCUT2D eigenvalue weighted by Gasteiger charge is -2.38. The fourth-order valence-electron chi connectivity index (χ4n) is 2.51. The molecule has 1 atom stereocenters. The molecule has 2 rings (SSSR count). The molecule has 0 aliphatic carbocycles. The highest BCUT2D eigenvalue weighted by Crippen LogP contribution is 2.32. The molecule has 1 aliphatic rings. The molecule has 1 unspecified atom stereocenters. The zero-order valence-corrected chi connectivity index (χ0v) is 11.5. The first kappa shape index (κ1) is 12.9. The lowest BCUT2D eigenvalue weighted by molar-refractivity contribution is 0.127. The van der Waals surface area contributed by atoms with Crippen molar-refractivity contribution in [3.8, 4) is 0 Å². The van der Waals surface area contributed by atoms with Crippen molar-refractivity contribution in [2.75, 3.05) is 18.1 Å². The minimum Gasteiger partial charge on any atom is -0.368 e.